The Morgan fingerprint density at radius 1 is 1.03 bits per heavy atom. The number of ether oxygens (including phenoxy) is 3. The molecule has 7 heteroatoms. The van der Waals surface area contributed by atoms with Crippen LogP contribution < -0.4 is 14.2 Å². The van der Waals surface area contributed by atoms with E-state index in [-0.39, 0.29) is 12.3 Å². The summed E-state index contributed by atoms with van der Waals surface area (Å²) >= 11 is 9.87. The predicted octanol–water partition coefficient (Wildman–Crippen LogP) is 6.36. The van der Waals surface area contributed by atoms with Crippen molar-refractivity contribution in [3.05, 3.63) is 86.8 Å². The van der Waals surface area contributed by atoms with Crippen molar-refractivity contribution in [3.8, 4) is 17.2 Å². The van der Waals surface area contributed by atoms with Gasteiger partial charge in [0.1, 0.15) is 5.75 Å². The van der Waals surface area contributed by atoms with Crippen molar-refractivity contribution in [1.82, 2.24) is 5.01 Å². The Morgan fingerprint density at radius 3 is 2.65 bits per heavy atom. The molecule has 0 unspecified atom stereocenters. The first-order valence-corrected chi connectivity index (χ1v) is 11.0. The van der Waals surface area contributed by atoms with E-state index in [9.17, 15) is 0 Å². The number of hydrogen-bond donors (Lipinski definition) is 0. The van der Waals surface area contributed by atoms with Gasteiger partial charge < -0.3 is 14.2 Å². The molecule has 0 spiro atoms. The first-order valence-electron chi connectivity index (χ1n) is 9.87. The van der Waals surface area contributed by atoms with E-state index in [2.05, 4.69) is 22.0 Å². The minimum atomic E-state index is -0.366. The van der Waals surface area contributed by atoms with Crippen molar-refractivity contribution >= 4 is 33.2 Å². The maximum Gasteiger partial charge on any atom is 0.213 e. The third-order valence-corrected chi connectivity index (χ3v) is 6.33. The van der Waals surface area contributed by atoms with Crippen LogP contribution in [0.1, 0.15) is 35.4 Å². The SMILES string of the molecule is COc1ccc(C2=NN3[C@H](C2)c2cc(Br)ccc2O[C@H]3c2cccc(Cl)c2)cc1OC. The zero-order valence-corrected chi connectivity index (χ0v) is 19.4. The van der Waals surface area contributed by atoms with Gasteiger partial charge in [-0.3, -0.25) is 0 Å². The van der Waals surface area contributed by atoms with Crippen LogP contribution in [-0.4, -0.2) is 24.9 Å². The molecule has 0 aromatic heterocycles. The molecule has 2 aliphatic rings. The molecular formula is C24H20BrClN2O3. The van der Waals surface area contributed by atoms with E-state index in [0.717, 1.165) is 39.0 Å². The van der Waals surface area contributed by atoms with E-state index in [1.807, 2.05) is 59.6 Å². The summed E-state index contributed by atoms with van der Waals surface area (Å²) < 4.78 is 18.3. The second-order valence-electron chi connectivity index (χ2n) is 7.42. The lowest BCUT2D eigenvalue weighted by Gasteiger charge is -2.38. The van der Waals surface area contributed by atoms with E-state index in [4.69, 9.17) is 30.9 Å². The van der Waals surface area contributed by atoms with Crippen molar-refractivity contribution in [2.45, 2.75) is 18.7 Å². The van der Waals surface area contributed by atoms with Crippen molar-refractivity contribution in [3.63, 3.8) is 0 Å². The van der Waals surface area contributed by atoms with Crippen LogP contribution in [0, 0.1) is 0 Å². The normalized spacial score (nSPS) is 19.2. The van der Waals surface area contributed by atoms with Gasteiger partial charge in [-0.15, -0.1) is 0 Å². The fraction of sp³-hybridized carbons (Fsp3) is 0.208. The molecule has 5 rings (SSSR count). The summed E-state index contributed by atoms with van der Waals surface area (Å²) in [4.78, 5) is 0. The highest BCUT2D eigenvalue weighted by Crippen LogP contribution is 2.48. The summed E-state index contributed by atoms with van der Waals surface area (Å²) in [5.41, 5.74) is 4.03. The Labute approximate surface area is 194 Å². The molecule has 0 bridgehead atoms. The predicted molar refractivity (Wildman–Crippen MR) is 124 cm³/mol. The number of hydrazone groups is 1. The average molecular weight is 500 g/mol. The summed E-state index contributed by atoms with van der Waals surface area (Å²) in [6, 6.07) is 19.8. The number of benzene rings is 3. The molecule has 5 nitrogen and oxygen atoms in total. The van der Waals surface area contributed by atoms with Gasteiger partial charge in [0.25, 0.3) is 0 Å². The zero-order valence-electron chi connectivity index (χ0n) is 17.0. The van der Waals surface area contributed by atoms with Gasteiger partial charge in [-0.25, -0.2) is 5.01 Å². The van der Waals surface area contributed by atoms with Gasteiger partial charge in [0.05, 0.1) is 26.0 Å². The minimum Gasteiger partial charge on any atom is -0.493 e. The lowest BCUT2D eigenvalue weighted by Crippen LogP contribution is -2.33. The molecule has 0 radical (unpaired) electrons. The maximum atomic E-state index is 6.40. The van der Waals surface area contributed by atoms with Gasteiger partial charge in [-0.1, -0.05) is 39.7 Å². The van der Waals surface area contributed by atoms with Gasteiger partial charge in [0.2, 0.25) is 6.23 Å². The smallest absolute Gasteiger partial charge is 0.213 e. The largest absolute Gasteiger partial charge is 0.493 e. The van der Waals surface area contributed by atoms with Crippen molar-refractivity contribution in [2.24, 2.45) is 5.10 Å². The summed E-state index contributed by atoms with van der Waals surface area (Å²) in [6.07, 6.45) is 0.384. The molecule has 2 aliphatic heterocycles. The van der Waals surface area contributed by atoms with Crippen LogP contribution in [0.25, 0.3) is 0 Å². The van der Waals surface area contributed by atoms with Crippen molar-refractivity contribution < 1.29 is 14.2 Å². The molecule has 0 saturated heterocycles. The van der Waals surface area contributed by atoms with E-state index in [0.29, 0.717) is 16.5 Å². The summed E-state index contributed by atoms with van der Waals surface area (Å²) in [7, 11) is 3.27. The Hall–Kier alpha value is -2.70. The third kappa shape index (κ3) is 3.64. The first-order chi connectivity index (χ1) is 15.1. The molecular weight excluding hydrogens is 480 g/mol. The number of rotatable bonds is 4. The van der Waals surface area contributed by atoms with E-state index in [1.165, 1.54) is 0 Å². The van der Waals surface area contributed by atoms with Crippen LogP contribution in [-0.2, 0) is 0 Å². The molecule has 0 N–H and O–H groups in total. The highest BCUT2D eigenvalue weighted by atomic mass is 79.9. The van der Waals surface area contributed by atoms with E-state index < -0.39 is 0 Å². The third-order valence-electron chi connectivity index (χ3n) is 5.60. The average Bonchev–Trinajstić information content (AvgIpc) is 3.24. The number of nitrogens with zero attached hydrogens (tertiary/aromatic N) is 2. The van der Waals surface area contributed by atoms with E-state index in [1.54, 1.807) is 14.2 Å². The van der Waals surface area contributed by atoms with Crippen LogP contribution in [0.2, 0.25) is 5.02 Å². The summed E-state index contributed by atoms with van der Waals surface area (Å²) in [6.45, 7) is 0. The van der Waals surface area contributed by atoms with Crippen LogP contribution in [0.5, 0.6) is 17.2 Å². The molecule has 0 aliphatic carbocycles. The second kappa shape index (κ2) is 8.09. The minimum absolute atomic E-state index is 0.0494. The first kappa shape index (κ1) is 20.2. The lowest BCUT2D eigenvalue weighted by molar-refractivity contribution is -0.0190. The Balaban J connectivity index is 1.59. The Kier molecular flexibility index (Phi) is 5.28. The number of hydrogen-bond acceptors (Lipinski definition) is 5. The summed E-state index contributed by atoms with van der Waals surface area (Å²) in [5.74, 6) is 2.23. The van der Waals surface area contributed by atoms with Crippen LogP contribution in [0.3, 0.4) is 0 Å². The highest BCUT2D eigenvalue weighted by Gasteiger charge is 2.41. The molecule has 158 valence electrons. The maximum absolute atomic E-state index is 6.40. The van der Waals surface area contributed by atoms with Gasteiger partial charge in [-0.2, -0.15) is 5.10 Å². The molecule has 0 saturated carbocycles. The number of methoxy groups -OCH3 is 2. The quantitative estimate of drug-likeness (QED) is 0.419. The fourth-order valence-corrected chi connectivity index (χ4v) is 4.71. The molecule has 0 fully saturated rings. The lowest BCUT2D eigenvalue weighted by atomic mass is 9.96. The fourth-order valence-electron chi connectivity index (χ4n) is 4.13. The summed E-state index contributed by atoms with van der Waals surface area (Å²) in [5, 5.41) is 7.70. The zero-order chi connectivity index (χ0) is 21.5. The molecule has 2 atom stereocenters. The Morgan fingerprint density at radius 2 is 1.87 bits per heavy atom. The van der Waals surface area contributed by atoms with Gasteiger partial charge in [0.15, 0.2) is 11.5 Å². The molecule has 3 aromatic rings. The van der Waals surface area contributed by atoms with Crippen LogP contribution in [0.4, 0.5) is 0 Å². The second-order valence-corrected chi connectivity index (χ2v) is 8.78. The van der Waals surface area contributed by atoms with Crippen molar-refractivity contribution in [2.75, 3.05) is 14.2 Å². The molecule has 31 heavy (non-hydrogen) atoms. The van der Waals surface area contributed by atoms with Crippen LogP contribution >= 0.6 is 27.5 Å². The molecule has 0 amide bonds. The standard InChI is InChI=1S/C24H20BrClN2O3/c1-29-22-8-6-14(11-23(22)30-2)19-13-20-18-12-16(25)7-9-21(18)31-24(28(20)27-19)15-4-3-5-17(26)10-15/h3-12,20,24H,13H2,1-2H3/t20-,24+/m1/s1. The van der Waals surface area contributed by atoms with Gasteiger partial charge in [0, 0.05) is 32.6 Å². The Bertz CT molecular complexity index is 1180. The van der Waals surface area contributed by atoms with Gasteiger partial charge in [-0.05, 0) is 48.5 Å². The number of fused-ring (bicyclic) bond motifs is 3. The van der Waals surface area contributed by atoms with Crippen LogP contribution in [0.15, 0.2) is 70.2 Å². The van der Waals surface area contributed by atoms with Crippen molar-refractivity contribution in [1.29, 1.82) is 0 Å². The molecule has 3 aromatic carbocycles. The molecule has 2 heterocycles. The topological polar surface area (TPSA) is 43.3 Å². The highest BCUT2D eigenvalue weighted by molar-refractivity contribution is 9.10. The number of halogens is 2. The monoisotopic (exact) mass is 498 g/mol. The van der Waals surface area contributed by atoms with E-state index >= 15 is 0 Å². The van der Waals surface area contributed by atoms with Gasteiger partial charge >= 0.3 is 0 Å².